The molecule has 0 unspecified atom stereocenters. The Morgan fingerprint density at radius 1 is 1.15 bits per heavy atom. The fraction of sp³-hybridized carbons (Fsp3) is 0.158. The monoisotopic (exact) mass is 376 g/mol. The van der Waals surface area contributed by atoms with Crippen LogP contribution in [-0.2, 0) is 6.54 Å². The zero-order valence-corrected chi connectivity index (χ0v) is 14.0. The molecule has 2 aromatic carbocycles. The van der Waals surface area contributed by atoms with Gasteiger partial charge in [-0.05, 0) is 35.9 Å². The molecule has 0 amide bonds. The summed E-state index contributed by atoms with van der Waals surface area (Å²) >= 11 is 0. The van der Waals surface area contributed by atoms with Crippen LogP contribution in [0.2, 0.25) is 0 Å². The molecule has 1 heterocycles. The maximum atomic E-state index is 13.7. The maximum absolute atomic E-state index is 13.7. The second-order valence-corrected chi connectivity index (χ2v) is 5.76. The molecular weight excluding hydrogens is 364 g/mol. The number of pyridine rings is 1. The van der Waals surface area contributed by atoms with Gasteiger partial charge in [-0.25, -0.2) is 4.39 Å². The van der Waals surface area contributed by atoms with Gasteiger partial charge in [-0.3, -0.25) is 9.36 Å². The third-order valence-corrected chi connectivity index (χ3v) is 4.03. The number of benzene rings is 2. The average Bonchev–Trinajstić information content (AvgIpc) is 2.62. The number of fused-ring (bicyclic) bond motifs is 1. The summed E-state index contributed by atoms with van der Waals surface area (Å²) in [5.74, 6) is -0.280. The second kappa shape index (κ2) is 6.76. The van der Waals surface area contributed by atoms with E-state index in [-0.39, 0.29) is 21.9 Å². The minimum absolute atomic E-state index is 0.0293. The van der Waals surface area contributed by atoms with Gasteiger partial charge in [-0.1, -0.05) is 12.1 Å². The van der Waals surface area contributed by atoms with Gasteiger partial charge in [0.1, 0.15) is 29.9 Å². The maximum Gasteiger partial charge on any atom is 0.406 e. The van der Waals surface area contributed by atoms with E-state index in [2.05, 4.69) is 0 Å². The fourth-order valence-corrected chi connectivity index (χ4v) is 2.94. The minimum atomic E-state index is -4.71. The van der Waals surface area contributed by atoms with E-state index in [1.807, 2.05) is 0 Å². The molecule has 27 heavy (non-hydrogen) atoms. The molecule has 0 N–H and O–H groups in total. The third-order valence-electron chi connectivity index (χ3n) is 4.03. The summed E-state index contributed by atoms with van der Waals surface area (Å²) in [6.07, 6.45) is -4.71. The Balaban J connectivity index is 2.51. The van der Waals surface area contributed by atoms with Crippen LogP contribution in [0.15, 0.2) is 47.3 Å². The Hall–Kier alpha value is -3.34. The Bertz CT molecular complexity index is 1130. The van der Waals surface area contributed by atoms with Gasteiger partial charge < -0.3 is 4.74 Å². The number of halogens is 4. The smallest absolute Gasteiger partial charge is 0.406 e. The highest BCUT2D eigenvalue weighted by molar-refractivity contribution is 5.99. The number of rotatable bonds is 3. The van der Waals surface area contributed by atoms with Gasteiger partial charge in [0.25, 0.3) is 5.56 Å². The van der Waals surface area contributed by atoms with E-state index in [9.17, 15) is 27.6 Å². The molecule has 0 saturated heterocycles. The Kier molecular flexibility index (Phi) is 4.62. The first-order valence-corrected chi connectivity index (χ1v) is 7.72. The Morgan fingerprint density at radius 2 is 1.89 bits per heavy atom. The van der Waals surface area contributed by atoms with E-state index >= 15 is 0 Å². The molecule has 0 spiro atoms. The van der Waals surface area contributed by atoms with Crippen LogP contribution < -0.4 is 10.3 Å². The summed E-state index contributed by atoms with van der Waals surface area (Å²) in [4.78, 5) is 12.6. The van der Waals surface area contributed by atoms with Crippen LogP contribution in [0, 0.1) is 17.1 Å². The van der Waals surface area contributed by atoms with Crippen molar-refractivity contribution in [1.82, 2.24) is 4.57 Å². The van der Waals surface area contributed by atoms with E-state index in [4.69, 9.17) is 4.74 Å². The summed E-state index contributed by atoms with van der Waals surface area (Å²) in [5, 5.41) is 9.71. The van der Waals surface area contributed by atoms with Crippen molar-refractivity contribution >= 4 is 10.8 Å². The topological polar surface area (TPSA) is 55.0 Å². The molecule has 138 valence electrons. The summed E-state index contributed by atoms with van der Waals surface area (Å²) in [6.45, 7) is -1.63. The molecule has 3 rings (SSSR count). The number of nitrogens with zero attached hydrogens (tertiary/aromatic N) is 2. The van der Waals surface area contributed by atoms with Crippen molar-refractivity contribution in [2.24, 2.45) is 0 Å². The predicted molar refractivity (Wildman–Crippen MR) is 90.9 cm³/mol. The van der Waals surface area contributed by atoms with Crippen molar-refractivity contribution in [3.8, 4) is 22.9 Å². The van der Waals surface area contributed by atoms with Crippen LogP contribution in [0.4, 0.5) is 17.6 Å². The standard InChI is InChI=1S/C19H12F4N2O2/c1-27-13-5-6-14-15(8-13)17(11-3-2-4-12(20)7-11)16(9-24)25(18(14)26)10-19(21,22)23/h2-8H,10H2,1H3. The number of methoxy groups -OCH3 is 1. The van der Waals surface area contributed by atoms with Crippen molar-refractivity contribution < 1.29 is 22.3 Å². The molecule has 0 atom stereocenters. The SMILES string of the molecule is COc1ccc2c(=O)n(CC(F)(F)F)c(C#N)c(-c3cccc(F)c3)c2c1. The normalized spacial score (nSPS) is 11.4. The van der Waals surface area contributed by atoms with Crippen LogP contribution in [-0.4, -0.2) is 17.9 Å². The number of nitriles is 1. The first-order chi connectivity index (χ1) is 12.7. The predicted octanol–water partition coefficient (Wildman–Crippen LogP) is 4.25. The van der Waals surface area contributed by atoms with E-state index in [0.717, 1.165) is 6.07 Å². The quantitative estimate of drug-likeness (QED) is 0.642. The van der Waals surface area contributed by atoms with Crippen molar-refractivity contribution in [1.29, 1.82) is 5.26 Å². The molecule has 0 aliphatic heterocycles. The Labute approximate surface area is 150 Å². The molecule has 3 aromatic rings. The highest BCUT2D eigenvalue weighted by Crippen LogP contribution is 2.33. The highest BCUT2D eigenvalue weighted by Gasteiger charge is 2.31. The van der Waals surface area contributed by atoms with Gasteiger partial charge in [0.2, 0.25) is 0 Å². The van der Waals surface area contributed by atoms with Crippen molar-refractivity contribution in [3.63, 3.8) is 0 Å². The van der Waals surface area contributed by atoms with Crippen LogP contribution in [0.5, 0.6) is 5.75 Å². The molecule has 0 fully saturated rings. The lowest BCUT2D eigenvalue weighted by atomic mass is 9.96. The molecule has 1 aromatic heterocycles. The number of alkyl halides is 3. The number of hydrogen-bond acceptors (Lipinski definition) is 3. The zero-order valence-electron chi connectivity index (χ0n) is 14.0. The van der Waals surface area contributed by atoms with Crippen LogP contribution >= 0.6 is 0 Å². The number of aromatic nitrogens is 1. The molecule has 0 aliphatic rings. The summed E-state index contributed by atoms with van der Waals surface area (Å²) in [7, 11) is 1.39. The fourth-order valence-electron chi connectivity index (χ4n) is 2.94. The van der Waals surface area contributed by atoms with E-state index in [1.54, 1.807) is 6.07 Å². The van der Waals surface area contributed by atoms with Gasteiger partial charge in [0, 0.05) is 16.3 Å². The highest BCUT2D eigenvalue weighted by atomic mass is 19.4. The van der Waals surface area contributed by atoms with Crippen molar-refractivity contribution in [2.75, 3.05) is 7.11 Å². The van der Waals surface area contributed by atoms with Crippen LogP contribution in [0.25, 0.3) is 21.9 Å². The minimum Gasteiger partial charge on any atom is -0.497 e. The van der Waals surface area contributed by atoms with Crippen LogP contribution in [0.1, 0.15) is 5.69 Å². The lowest BCUT2D eigenvalue weighted by molar-refractivity contribution is -0.141. The van der Waals surface area contributed by atoms with E-state index in [1.165, 1.54) is 43.5 Å². The zero-order chi connectivity index (χ0) is 19.8. The summed E-state index contributed by atoms with van der Waals surface area (Å²) in [6, 6.07) is 11.0. The Morgan fingerprint density at radius 3 is 2.48 bits per heavy atom. The van der Waals surface area contributed by atoms with Gasteiger partial charge in [-0.2, -0.15) is 18.4 Å². The first kappa shape index (κ1) is 18.5. The lowest BCUT2D eigenvalue weighted by Gasteiger charge is -2.17. The van der Waals surface area contributed by atoms with Gasteiger partial charge in [-0.15, -0.1) is 0 Å². The lowest BCUT2D eigenvalue weighted by Crippen LogP contribution is -2.30. The molecule has 0 radical (unpaired) electrons. The second-order valence-electron chi connectivity index (χ2n) is 5.76. The molecular formula is C19H12F4N2O2. The molecule has 0 aliphatic carbocycles. The van der Waals surface area contributed by atoms with Crippen molar-refractivity contribution in [2.45, 2.75) is 12.7 Å². The first-order valence-electron chi connectivity index (χ1n) is 7.72. The van der Waals surface area contributed by atoms with Gasteiger partial charge in [0.05, 0.1) is 7.11 Å². The van der Waals surface area contributed by atoms with E-state index < -0.39 is 29.8 Å². The molecule has 8 heteroatoms. The number of ether oxygens (including phenoxy) is 1. The molecule has 4 nitrogen and oxygen atoms in total. The summed E-state index contributed by atoms with van der Waals surface area (Å²) < 4.78 is 58.2. The summed E-state index contributed by atoms with van der Waals surface area (Å²) in [5.41, 5.74) is -1.24. The van der Waals surface area contributed by atoms with Gasteiger partial charge >= 0.3 is 6.18 Å². The average molecular weight is 376 g/mol. The molecule has 0 saturated carbocycles. The van der Waals surface area contributed by atoms with Crippen LogP contribution in [0.3, 0.4) is 0 Å². The van der Waals surface area contributed by atoms with Gasteiger partial charge in [0.15, 0.2) is 0 Å². The largest absolute Gasteiger partial charge is 0.497 e. The molecule has 0 bridgehead atoms. The van der Waals surface area contributed by atoms with E-state index in [0.29, 0.717) is 10.3 Å². The number of hydrogen-bond donors (Lipinski definition) is 0. The van der Waals surface area contributed by atoms with Crippen molar-refractivity contribution in [3.05, 3.63) is 64.3 Å². The third kappa shape index (κ3) is 3.49.